The molecule has 0 aliphatic rings. The number of ether oxygens (including phenoxy) is 1. The Balaban J connectivity index is 2.27. The molecule has 102 valence electrons. The average Bonchev–Trinajstić information content (AvgIpc) is 2.41. The third-order valence-electron chi connectivity index (χ3n) is 2.99. The van der Waals surface area contributed by atoms with Gasteiger partial charge in [-0.05, 0) is 36.4 Å². The van der Waals surface area contributed by atoms with E-state index in [9.17, 15) is 0 Å². The van der Waals surface area contributed by atoms with Gasteiger partial charge in [0, 0.05) is 18.1 Å². The molecule has 0 aliphatic heterocycles. The molecule has 3 heteroatoms. The number of nitrogens with one attached hydrogen (secondary N) is 1. The Labute approximate surface area is 115 Å². The van der Waals surface area contributed by atoms with Crippen LogP contribution in [0.5, 0.6) is 5.88 Å². The van der Waals surface area contributed by atoms with E-state index in [0.29, 0.717) is 12.5 Å². The summed E-state index contributed by atoms with van der Waals surface area (Å²) in [7, 11) is 0. The summed E-state index contributed by atoms with van der Waals surface area (Å²) in [4.78, 5) is 4.43. The number of pyridine rings is 1. The monoisotopic (exact) mass is 258 g/mol. The molecule has 19 heavy (non-hydrogen) atoms. The predicted octanol–water partition coefficient (Wildman–Crippen LogP) is 3.38. The van der Waals surface area contributed by atoms with Crippen LogP contribution >= 0.6 is 0 Å². The highest BCUT2D eigenvalue weighted by atomic mass is 16.5. The summed E-state index contributed by atoms with van der Waals surface area (Å²) < 4.78 is 5.59. The zero-order valence-electron chi connectivity index (χ0n) is 11.9. The van der Waals surface area contributed by atoms with Gasteiger partial charge in [0.1, 0.15) is 0 Å². The first-order valence-electron chi connectivity index (χ1n) is 6.92. The van der Waals surface area contributed by atoms with E-state index in [-0.39, 0.29) is 0 Å². The lowest BCUT2D eigenvalue weighted by Gasteiger charge is -2.12. The summed E-state index contributed by atoms with van der Waals surface area (Å²) in [5.74, 6) is 1.38. The molecule has 0 spiro atoms. The molecular formula is C16H22N2O. The Morgan fingerprint density at radius 2 is 1.95 bits per heavy atom. The number of aromatic nitrogens is 1. The van der Waals surface area contributed by atoms with Crippen LogP contribution in [0.2, 0.25) is 0 Å². The number of hydrogen-bond donors (Lipinski definition) is 1. The average molecular weight is 258 g/mol. The Hall–Kier alpha value is -1.61. The molecule has 3 nitrogen and oxygen atoms in total. The minimum Gasteiger partial charge on any atom is -0.478 e. The van der Waals surface area contributed by atoms with Crippen molar-refractivity contribution in [3.8, 4) is 5.88 Å². The number of fused-ring (bicyclic) bond motifs is 1. The molecule has 0 fully saturated rings. The summed E-state index contributed by atoms with van der Waals surface area (Å²) in [6.07, 6.45) is 1.92. The second-order valence-corrected chi connectivity index (χ2v) is 5.09. The molecule has 0 amide bonds. The minimum absolute atomic E-state index is 0.641. The van der Waals surface area contributed by atoms with Crippen molar-refractivity contribution in [3.05, 3.63) is 36.0 Å². The summed E-state index contributed by atoms with van der Waals surface area (Å²) in [5.41, 5.74) is 1.22. The van der Waals surface area contributed by atoms with Crippen LogP contribution < -0.4 is 10.1 Å². The van der Waals surface area contributed by atoms with Crippen LogP contribution in [0.4, 0.5) is 0 Å². The maximum atomic E-state index is 5.59. The summed E-state index contributed by atoms with van der Waals surface area (Å²) >= 11 is 0. The van der Waals surface area contributed by atoms with E-state index < -0.39 is 0 Å². The van der Waals surface area contributed by atoms with Crippen molar-refractivity contribution in [1.29, 1.82) is 0 Å². The first-order chi connectivity index (χ1) is 9.22. The highest BCUT2D eigenvalue weighted by Crippen LogP contribution is 2.26. The smallest absolute Gasteiger partial charge is 0.221 e. The largest absolute Gasteiger partial charge is 0.478 e. The van der Waals surface area contributed by atoms with Crippen molar-refractivity contribution in [3.63, 3.8) is 0 Å². The van der Waals surface area contributed by atoms with Gasteiger partial charge in [-0.1, -0.05) is 32.0 Å². The van der Waals surface area contributed by atoms with E-state index in [4.69, 9.17) is 4.74 Å². The quantitative estimate of drug-likeness (QED) is 0.862. The van der Waals surface area contributed by atoms with E-state index in [0.717, 1.165) is 24.4 Å². The topological polar surface area (TPSA) is 34.1 Å². The minimum atomic E-state index is 0.641. The van der Waals surface area contributed by atoms with Gasteiger partial charge in [-0.25, -0.2) is 4.98 Å². The summed E-state index contributed by atoms with van der Waals surface area (Å²) in [6.45, 7) is 8.90. The maximum Gasteiger partial charge on any atom is 0.221 e. The highest BCUT2D eigenvalue weighted by molar-refractivity contribution is 5.89. The molecule has 2 aromatic rings. The molecule has 0 unspecified atom stereocenters. The maximum absolute atomic E-state index is 5.59. The van der Waals surface area contributed by atoms with Crippen molar-refractivity contribution >= 4 is 10.8 Å². The third-order valence-corrected chi connectivity index (χ3v) is 2.99. The lowest BCUT2D eigenvalue weighted by atomic mass is 10.1. The number of nitrogens with zero attached hydrogens (tertiary/aromatic N) is 1. The Morgan fingerprint density at radius 1 is 1.21 bits per heavy atom. The van der Waals surface area contributed by atoms with E-state index in [1.165, 1.54) is 10.9 Å². The zero-order valence-corrected chi connectivity index (χ0v) is 11.9. The first kappa shape index (κ1) is 13.8. The lowest BCUT2D eigenvalue weighted by molar-refractivity contribution is 0.331. The van der Waals surface area contributed by atoms with Crippen molar-refractivity contribution in [2.24, 2.45) is 5.92 Å². The van der Waals surface area contributed by atoms with E-state index in [1.54, 1.807) is 0 Å². The lowest BCUT2D eigenvalue weighted by Crippen LogP contribution is -2.19. The molecule has 2 rings (SSSR count). The van der Waals surface area contributed by atoms with Gasteiger partial charge in [0.15, 0.2) is 0 Å². The van der Waals surface area contributed by atoms with Crippen molar-refractivity contribution in [1.82, 2.24) is 10.3 Å². The second kappa shape index (κ2) is 6.53. The van der Waals surface area contributed by atoms with Gasteiger partial charge in [-0.15, -0.1) is 0 Å². The molecule has 1 aromatic carbocycles. The van der Waals surface area contributed by atoms with Gasteiger partial charge in [0.25, 0.3) is 0 Å². The normalized spacial score (nSPS) is 11.2. The summed E-state index contributed by atoms with van der Waals surface area (Å²) in [6, 6.07) is 8.28. The molecule has 1 aromatic heterocycles. The second-order valence-electron chi connectivity index (χ2n) is 5.09. The van der Waals surface area contributed by atoms with E-state index in [1.807, 2.05) is 19.2 Å². The van der Waals surface area contributed by atoms with E-state index in [2.05, 4.69) is 42.3 Å². The molecule has 0 atom stereocenters. The fraction of sp³-hybridized carbons (Fsp3) is 0.438. The molecular weight excluding hydrogens is 236 g/mol. The standard InChI is InChI=1S/C16H22N2O/c1-4-19-16-15-8-6-5-7-14(15)13(11-18-16)10-17-9-12(2)3/h5-8,11-12,17H,4,9-10H2,1-3H3. The van der Waals surface area contributed by atoms with Crippen molar-refractivity contribution < 1.29 is 4.74 Å². The van der Waals surface area contributed by atoms with Crippen LogP contribution in [0, 0.1) is 5.92 Å². The molecule has 0 aliphatic carbocycles. The van der Waals surface area contributed by atoms with Gasteiger partial charge in [0.05, 0.1) is 6.61 Å². The molecule has 1 heterocycles. The number of benzene rings is 1. The van der Waals surface area contributed by atoms with Gasteiger partial charge in [-0.2, -0.15) is 0 Å². The molecule has 0 bridgehead atoms. The fourth-order valence-electron chi connectivity index (χ4n) is 2.11. The zero-order chi connectivity index (χ0) is 13.7. The molecule has 0 radical (unpaired) electrons. The fourth-order valence-corrected chi connectivity index (χ4v) is 2.11. The Bertz CT molecular complexity index is 537. The van der Waals surface area contributed by atoms with Crippen molar-refractivity contribution in [2.75, 3.05) is 13.2 Å². The van der Waals surface area contributed by atoms with Gasteiger partial charge in [-0.3, -0.25) is 0 Å². The van der Waals surface area contributed by atoms with Crippen LogP contribution in [0.25, 0.3) is 10.8 Å². The van der Waals surface area contributed by atoms with Crippen LogP contribution in [0.15, 0.2) is 30.5 Å². The van der Waals surface area contributed by atoms with Crippen LogP contribution in [-0.2, 0) is 6.54 Å². The molecule has 0 saturated heterocycles. The van der Waals surface area contributed by atoms with Gasteiger partial charge >= 0.3 is 0 Å². The van der Waals surface area contributed by atoms with Crippen molar-refractivity contribution in [2.45, 2.75) is 27.3 Å². The molecule has 1 N–H and O–H groups in total. The SMILES string of the molecule is CCOc1ncc(CNCC(C)C)c2ccccc12. The summed E-state index contributed by atoms with van der Waals surface area (Å²) in [5, 5.41) is 5.77. The molecule has 0 saturated carbocycles. The third kappa shape index (κ3) is 3.44. The van der Waals surface area contributed by atoms with Gasteiger partial charge < -0.3 is 10.1 Å². The Kier molecular flexibility index (Phi) is 4.74. The number of rotatable bonds is 6. The van der Waals surface area contributed by atoms with Crippen LogP contribution in [0.3, 0.4) is 0 Å². The van der Waals surface area contributed by atoms with Crippen LogP contribution in [0.1, 0.15) is 26.3 Å². The van der Waals surface area contributed by atoms with Crippen LogP contribution in [-0.4, -0.2) is 18.1 Å². The first-order valence-corrected chi connectivity index (χ1v) is 6.92. The number of hydrogen-bond acceptors (Lipinski definition) is 3. The van der Waals surface area contributed by atoms with E-state index >= 15 is 0 Å². The highest BCUT2D eigenvalue weighted by Gasteiger charge is 2.07. The van der Waals surface area contributed by atoms with Gasteiger partial charge in [0.2, 0.25) is 5.88 Å². The Morgan fingerprint density at radius 3 is 2.63 bits per heavy atom. The predicted molar refractivity (Wildman–Crippen MR) is 79.5 cm³/mol.